The lowest BCUT2D eigenvalue weighted by Crippen LogP contribution is -2.24. The van der Waals surface area contributed by atoms with Crippen molar-refractivity contribution in [2.75, 3.05) is 5.75 Å². The summed E-state index contributed by atoms with van der Waals surface area (Å²) < 4.78 is 0. The molecule has 0 unspecified atom stereocenters. The van der Waals surface area contributed by atoms with Gasteiger partial charge >= 0.3 is 0 Å². The fourth-order valence-electron chi connectivity index (χ4n) is 1.28. The molecule has 1 rings (SSSR count). The highest BCUT2D eigenvalue weighted by molar-refractivity contribution is 7.80. The summed E-state index contributed by atoms with van der Waals surface area (Å²) in [6, 6.07) is 3.58. The molecule has 0 atom stereocenters. The number of carbonyl (C=O) groups is 1. The monoisotopic (exact) mass is 209 g/mol. The maximum absolute atomic E-state index is 12.0. The van der Waals surface area contributed by atoms with Crippen LogP contribution in [0.4, 0.5) is 0 Å². The number of rotatable bonds is 4. The van der Waals surface area contributed by atoms with E-state index in [1.54, 1.807) is 24.5 Å². The van der Waals surface area contributed by atoms with Crippen LogP contribution in [0.1, 0.15) is 30.6 Å². The Balaban J connectivity index is 2.85. The lowest BCUT2D eigenvalue weighted by atomic mass is 9.82. The summed E-state index contributed by atoms with van der Waals surface area (Å²) in [5.41, 5.74) is 0.337. The van der Waals surface area contributed by atoms with Gasteiger partial charge in [-0.2, -0.15) is 12.6 Å². The smallest absolute Gasteiger partial charge is 0.170 e. The summed E-state index contributed by atoms with van der Waals surface area (Å²) in [6.07, 6.45) is 4.06. The molecule has 14 heavy (non-hydrogen) atoms. The van der Waals surface area contributed by atoms with Crippen LogP contribution in [0.2, 0.25) is 0 Å². The van der Waals surface area contributed by atoms with Crippen LogP contribution in [0.5, 0.6) is 0 Å². The number of ketones is 1. The third-order valence-electron chi connectivity index (χ3n) is 2.28. The van der Waals surface area contributed by atoms with Crippen molar-refractivity contribution in [2.45, 2.75) is 20.3 Å². The van der Waals surface area contributed by atoms with Crippen molar-refractivity contribution in [2.24, 2.45) is 5.41 Å². The van der Waals surface area contributed by atoms with Gasteiger partial charge in [0, 0.05) is 23.4 Å². The van der Waals surface area contributed by atoms with Crippen LogP contribution in [0, 0.1) is 5.41 Å². The van der Waals surface area contributed by atoms with Gasteiger partial charge in [0.15, 0.2) is 5.78 Å². The zero-order chi connectivity index (χ0) is 10.6. The molecule has 2 nitrogen and oxygen atoms in total. The van der Waals surface area contributed by atoms with E-state index in [1.165, 1.54) is 0 Å². The van der Waals surface area contributed by atoms with Crippen molar-refractivity contribution >= 4 is 18.4 Å². The summed E-state index contributed by atoms with van der Waals surface area (Å²) >= 11 is 4.15. The molecular weight excluding hydrogens is 194 g/mol. The van der Waals surface area contributed by atoms with Crippen molar-refractivity contribution in [1.29, 1.82) is 0 Å². The van der Waals surface area contributed by atoms with Gasteiger partial charge in [-0.25, -0.2) is 0 Å². The van der Waals surface area contributed by atoms with Gasteiger partial charge in [0.05, 0.1) is 0 Å². The molecule has 1 aromatic heterocycles. The van der Waals surface area contributed by atoms with Crippen molar-refractivity contribution in [3.8, 4) is 0 Å². The van der Waals surface area contributed by atoms with E-state index in [0.29, 0.717) is 5.56 Å². The molecule has 0 aliphatic heterocycles. The topological polar surface area (TPSA) is 30.0 Å². The maximum Gasteiger partial charge on any atom is 0.170 e. The first-order valence-corrected chi connectivity index (χ1v) is 5.27. The second kappa shape index (κ2) is 4.60. The minimum Gasteiger partial charge on any atom is -0.294 e. The predicted octanol–water partition coefficient (Wildman–Crippen LogP) is 2.61. The SMILES string of the molecule is CC(C)(CCS)C(=O)c1cccnc1. The van der Waals surface area contributed by atoms with Gasteiger partial charge in [-0.3, -0.25) is 9.78 Å². The highest BCUT2D eigenvalue weighted by Crippen LogP contribution is 2.25. The third-order valence-corrected chi connectivity index (χ3v) is 2.50. The Bertz CT molecular complexity index is 308. The number of Topliss-reactive ketones (excluding diaryl/α,β-unsaturated/α-hetero) is 1. The lowest BCUT2D eigenvalue weighted by Gasteiger charge is -2.21. The number of hydrogen-bond acceptors (Lipinski definition) is 3. The first-order chi connectivity index (χ1) is 6.58. The van der Waals surface area contributed by atoms with E-state index in [2.05, 4.69) is 17.6 Å². The molecule has 0 radical (unpaired) electrons. The number of thiol groups is 1. The zero-order valence-electron chi connectivity index (χ0n) is 8.53. The Morgan fingerprint density at radius 1 is 1.57 bits per heavy atom. The molecule has 0 aliphatic carbocycles. The van der Waals surface area contributed by atoms with Crippen molar-refractivity contribution in [3.05, 3.63) is 30.1 Å². The fraction of sp³-hybridized carbons (Fsp3) is 0.455. The Morgan fingerprint density at radius 2 is 2.29 bits per heavy atom. The Kier molecular flexibility index (Phi) is 3.69. The molecule has 0 saturated heterocycles. The second-order valence-corrected chi connectivity index (χ2v) is 4.38. The zero-order valence-corrected chi connectivity index (χ0v) is 9.42. The normalized spacial score (nSPS) is 11.4. The van der Waals surface area contributed by atoms with Gasteiger partial charge in [0.25, 0.3) is 0 Å². The van der Waals surface area contributed by atoms with Crippen LogP contribution < -0.4 is 0 Å². The predicted molar refractivity (Wildman–Crippen MR) is 60.8 cm³/mol. The van der Waals surface area contributed by atoms with Crippen LogP contribution in [0.25, 0.3) is 0 Å². The van der Waals surface area contributed by atoms with E-state index in [1.807, 2.05) is 13.8 Å². The number of nitrogens with zero attached hydrogens (tertiary/aromatic N) is 1. The van der Waals surface area contributed by atoms with E-state index in [4.69, 9.17) is 0 Å². The van der Waals surface area contributed by atoms with E-state index in [0.717, 1.165) is 12.2 Å². The largest absolute Gasteiger partial charge is 0.294 e. The van der Waals surface area contributed by atoms with Gasteiger partial charge in [0.2, 0.25) is 0 Å². The quantitative estimate of drug-likeness (QED) is 0.610. The molecule has 0 saturated carbocycles. The molecule has 1 heterocycles. The summed E-state index contributed by atoms with van der Waals surface area (Å²) in [4.78, 5) is 15.9. The minimum absolute atomic E-state index is 0.139. The average Bonchev–Trinajstić information content (AvgIpc) is 2.18. The van der Waals surface area contributed by atoms with Crippen LogP contribution in [0.15, 0.2) is 24.5 Å². The summed E-state index contributed by atoms with van der Waals surface area (Å²) in [7, 11) is 0. The molecule has 0 spiro atoms. The van der Waals surface area contributed by atoms with Gasteiger partial charge in [-0.1, -0.05) is 13.8 Å². The molecule has 0 N–H and O–H groups in total. The van der Waals surface area contributed by atoms with E-state index in [-0.39, 0.29) is 11.2 Å². The van der Waals surface area contributed by atoms with Crippen molar-refractivity contribution < 1.29 is 4.79 Å². The van der Waals surface area contributed by atoms with E-state index >= 15 is 0 Å². The number of carbonyl (C=O) groups excluding carboxylic acids is 1. The number of aromatic nitrogens is 1. The van der Waals surface area contributed by atoms with Gasteiger partial charge in [-0.05, 0) is 24.3 Å². The lowest BCUT2D eigenvalue weighted by molar-refractivity contribution is 0.0834. The van der Waals surface area contributed by atoms with Crippen LogP contribution in [-0.4, -0.2) is 16.5 Å². The fourth-order valence-corrected chi connectivity index (χ4v) is 1.84. The van der Waals surface area contributed by atoms with E-state index in [9.17, 15) is 4.79 Å². The average molecular weight is 209 g/mol. The molecule has 3 heteroatoms. The summed E-state index contributed by atoms with van der Waals surface area (Å²) in [5, 5.41) is 0. The molecule has 76 valence electrons. The first kappa shape index (κ1) is 11.2. The highest BCUT2D eigenvalue weighted by atomic mass is 32.1. The molecular formula is C11H15NOS. The molecule has 0 aliphatic rings. The molecule has 0 fully saturated rings. The van der Waals surface area contributed by atoms with Crippen LogP contribution >= 0.6 is 12.6 Å². The maximum atomic E-state index is 12.0. The molecule has 0 amide bonds. The number of hydrogen-bond donors (Lipinski definition) is 1. The summed E-state index contributed by atoms with van der Waals surface area (Å²) in [5.74, 6) is 0.860. The van der Waals surface area contributed by atoms with Gasteiger partial charge < -0.3 is 0 Å². The second-order valence-electron chi connectivity index (χ2n) is 3.93. The molecule has 0 bridgehead atoms. The van der Waals surface area contributed by atoms with Gasteiger partial charge in [0.1, 0.15) is 0 Å². The van der Waals surface area contributed by atoms with Crippen LogP contribution in [0.3, 0.4) is 0 Å². The van der Waals surface area contributed by atoms with Crippen molar-refractivity contribution in [3.63, 3.8) is 0 Å². The summed E-state index contributed by atoms with van der Waals surface area (Å²) in [6.45, 7) is 3.89. The molecule has 0 aromatic carbocycles. The highest BCUT2D eigenvalue weighted by Gasteiger charge is 2.27. The van der Waals surface area contributed by atoms with Gasteiger partial charge in [-0.15, -0.1) is 0 Å². The third kappa shape index (κ3) is 2.58. The Hall–Kier alpha value is -0.830. The first-order valence-electron chi connectivity index (χ1n) is 4.63. The van der Waals surface area contributed by atoms with Crippen LogP contribution in [-0.2, 0) is 0 Å². The minimum atomic E-state index is -0.342. The van der Waals surface area contributed by atoms with Crippen molar-refractivity contribution in [1.82, 2.24) is 4.98 Å². The Labute approximate surface area is 90.2 Å². The standard InChI is InChI=1S/C11H15NOS/c1-11(2,5-7-14)10(13)9-4-3-6-12-8-9/h3-4,6,8,14H,5,7H2,1-2H3. The Morgan fingerprint density at radius 3 is 2.79 bits per heavy atom. The number of pyridine rings is 1. The van der Waals surface area contributed by atoms with E-state index < -0.39 is 0 Å². The molecule has 1 aromatic rings.